The van der Waals surface area contributed by atoms with Gasteiger partial charge in [-0.15, -0.1) is 0 Å². The lowest BCUT2D eigenvalue weighted by atomic mass is 10.8. The van der Waals surface area contributed by atoms with Gasteiger partial charge in [0.15, 0.2) is 0 Å². The van der Waals surface area contributed by atoms with Crippen molar-refractivity contribution in [1.82, 2.24) is 0 Å². The van der Waals surface area contributed by atoms with Crippen molar-refractivity contribution in [2.75, 3.05) is 7.11 Å². The molecule has 0 unspecified atom stereocenters. The van der Waals surface area contributed by atoms with E-state index in [-0.39, 0.29) is 0 Å². The van der Waals surface area contributed by atoms with E-state index in [4.69, 9.17) is 0 Å². The second-order valence-corrected chi connectivity index (χ2v) is 1.21. The third-order valence-corrected chi connectivity index (χ3v) is 0.558. The minimum Gasteiger partial charge on any atom is -0.466 e. The van der Waals surface area contributed by atoms with E-state index in [1.165, 1.54) is 0 Å². The molecule has 0 aliphatic carbocycles. The predicted molar refractivity (Wildman–Crippen MR) is 22.8 cm³/mol. The van der Waals surface area contributed by atoms with Gasteiger partial charge in [-0.3, -0.25) is 0 Å². The summed E-state index contributed by atoms with van der Waals surface area (Å²) in [5, 5.41) is 0. The Morgan fingerprint density at radius 3 is 2.43 bits per heavy atom. The van der Waals surface area contributed by atoms with Gasteiger partial charge in [0.05, 0.1) is 7.11 Å². The van der Waals surface area contributed by atoms with Crippen molar-refractivity contribution in [3.8, 4) is 0 Å². The van der Waals surface area contributed by atoms with Gasteiger partial charge in [-0.2, -0.15) is 0 Å². The Morgan fingerprint density at radius 1 is 2.00 bits per heavy atom. The summed E-state index contributed by atoms with van der Waals surface area (Å²) in [5.74, 6) is -1.05. The topological polar surface area (TPSA) is 26.3 Å². The minimum absolute atomic E-state index is 1.05. The molecule has 1 atom stereocenters. The molecule has 0 aliphatic rings. The maximum atomic E-state index is 11.4. The zero-order chi connectivity index (χ0) is 5.86. The monoisotopic (exact) mass is 126 g/mol. The second kappa shape index (κ2) is 2.80. The fraction of sp³-hybridized carbons (Fsp3) is 0.667. The number of rotatable bonds is 1. The minimum atomic E-state index is -2.02. The average Bonchev–Trinajstić information content (AvgIpc) is 1.65. The van der Waals surface area contributed by atoms with Crippen molar-refractivity contribution in [2.45, 2.75) is 5.63 Å². The summed E-state index contributed by atoms with van der Waals surface area (Å²) in [5.41, 5.74) is -2.02. The standard InChI is InChI=1S/C3H4ClFO2/c1-7-3(6)2(4)5/h2H,1H3/t2-/m1/s1. The van der Waals surface area contributed by atoms with Crippen LogP contribution in [0.15, 0.2) is 0 Å². The summed E-state index contributed by atoms with van der Waals surface area (Å²) < 4.78 is 15.3. The van der Waals surface area contributed by atoms with Gasteiger partial charge < -0.3 is 4.74 Å². The molecule has 2 nitrogen and oxygen atoms in total. The maximum absolute atomic E-state index is 11.4. The van der Waals surface area contributed by atoms with Crippen LogP contribution in [-0.2, 0) is 9.53 Å². The molecule has 0 bridgehead atoms. The van der Waals surface area contributed by atoms with Crippen molar-refractivity contribution in [3.05, 3.63) is 0 Å². The van der Waals surface area contributed by atoms with Crippen molar-refractivity contribution in [2.24, 2.45) is 0 Å². The summed E-state index contributed by atoms with van der Waals surface area (Å²) in [4.78, 5) is 9.78. The summed E-state index contributed by atoms with van der Waals surface area (Å²) in [6, 6.07) is 0. The van der Waals surface area contributed by atoms with Crippen LogP contribution in [0, 0.1) is 0 Å². The summed E-state index contributed by atoms with van der Waals surface area (Å²) in [6.45, 7) is 0. The smallest absolute Gasteiger partial charge is 0.356 e. The van der Waals surface area contributed by atoms with Crippen LogP contribution in [0.3, 0.4) is 0 Å². The first-order valence-corrected chi connectivity index (χ1v) is 1.98. The molecule has 42 valence electrons. The molecule has 0 fully saturated rings. The van der Waals surface area contributed by atoms with Crippen LogP contribution in [0.4, 0.5) is 4.39 Å². The van der Waals surface area contributed by atoms with E-state index >= 15 is 0 Å². The molecule has 0 aromatic rings. The van der Waals surface area contributed by atoms with E-state index in [9.17, 15) is 9.18 Å². The Labute approximate surface area is 45.2 Å². The number of esters is 1. The van der Waals surface area contributed by atoms with Gasteiger partial charge in [0, 0.05) is 0 Å². The second-order valence-electron chi connectivity index (χ2n) is 0.824. The summed E-state index contributed by atoms with van der Waals surface area (Å²) in [7, 11) is 1.07. The molecule has 7 heavy (non-hydrogen) atoms. The quantitative estimate of drug-likeness (QED) is 0.382. The number of carbonyl (C=O) groups excluding carboxylic acids is 1. The van der Waals surface area contributed by atoms with E-state index in [2.05, 4.69) is 16.3 Å². The summed E-state index contributed by atoms with van der Waals surface area (Å²) >= 11 is 4.59. The number of carbonyl (C=O) groups is 1. The number of ether oxygens (including phenoxy) is 1. The Balaban J connectivity index is 3.35. The van der Waals surface area contributed by atoms with Crippen LogP contribution in [0.2, 0.25) is 0 Å². The summed E-state index contributed by atoms with van der Waals surface area (Å²) in [6.07, 6.45) is 0. The maximum Gasteiger partial charge on any atom is 0.356 e. The largest absolute Gasteiger partial charge is 0.466 e. The molecule has 0 saturated heterocycles. The molecule has 0 rings (SSSR count). The molecule has 0 heterocycles. The fourth-order valence-corrected chi connectivity index (χ4v) is 0.178. The normalized spacial score (nSPS) is 13.0. The van der Waals surface area contributed by atoms with E-state index in [0.717, 1.165) is 7.11 Å². The van der Waals surface area contributed by atoms with Crippen molar-refractivity contribution in [1.29, 1.82) is 0 Å². The Hall–Kier alpha value is -0.310. The third-order valence-electron chi connectivity index (χ3n) is 0.379. The molecule has 0 amide bonds. The highest BCUT2D eigenvalue weighted by atomic mass is 35.5. The third kappa shape index (κ3) is 2.39. The van der Waals surface area contributed by atoms with Gasteiger partial charge in [0.25, 0.3) is 5.63 Å². The van der Waals surface area contributed by atoms with Gasteiger partial charge in [-0.25, -0.2) is 9.18 Å². The lowest BCUT2D eigenvalue weighted by Gasteiger charge is -1.92. The van der Waals surface area contributed by atoms with Crippen LogP contribution in [0.25, 0.3) is 0 Å². The zero-order valence-corrected chi connectivity index (χ0v) is 4.41. The van der Waals surface area contributed by atoms with Crippen LogP contribution >= 0.6 is 11.6 Å². The molecule has 0 radical (unpaired) electrons. The molecule has 0 N–H and O–H groups in total. The van der Waals surface area contributed by atoms with Gasteiger partial charge in [0.1, 0.15) is 0 Å². The van der Waals surface area contributed by atoms with Crippen molar-refractivity contribution < 1.29 is 13.9 Å². The van der Waals surface area contributed by atoms with Gasteiger partial charge >= 0.3 is 5.97 Å². The zero-order valence-electron chi connectivity index (χ0n) is 3.65. The SMILES string of the molecule is COC(=O)[C@@H](F)Cl. The number of hydrogen-bond acceptors (Lipinski definition) is 2. The number of hydrogen-bond donors (Lipinski definition) is 0. The molecular formula is C3H4ClFO2. The van der Waals surface area contributed by atoms with Crippen molar-refractivity contribution >= 4 is 17.6 Å². The van der Waals surface area contributed by atoms with E-state index < -0.39 is 11.6 Å². The van der Waals surface area contributed by atoms with Crippen LogP contribution < -0.4 is 0 Å². The Kier molecular flexibility index (Phi) is 2.67. The molecule has 4 heteroatoms. The average molecular weight is 127 g/mol. The van der Waals surface area contributed by atoms with E-state index in [1.807, 2.05) is 0 Å². The first kappa shape index (κ1) is 6.69. The lowest BCUT2D eigenvalue weighted by molar-refractivity contribution is -0.143. The molecule has 0 aromatic heterocycles. The highest BCUT2D eigenvalue weighted by Gasteiger charge is 2.11. The van der Waals surface area contributed by atoms with Crippen LogP contribution in [-0.4, -0.2) is 18.7 Å². The number of methoxy groups -OCH3 is 1. The first-order valence-electron chi connectivity index (χ1n) is 1.54. The Morgan fingerprint density at radius 2 is 2.43 bits per heavy atom. The van der Waals surface area contributed by atoms with Gasteiger partial charge in [0.2, 0.25) is 0 Å². The van der Waals surface area contributed by atoms with Crippen LogP contribution in [0.5, 0.6) is 0 Å². The van der Waals surface area contributed by atoms with Gasteiger partial charge in [-0.1, -0.05) is 11.6 Å². The number of alkyl halides is 2. The number of halogens is 2. The molecule has 0 aromatic carbocycles. The first-order chi connectivity index (χ1) is 3.18. The fourth-order valence-electron chi connectivity index (χ4n) is 0.0891. The van der Waals surface area contributed by atoms with Crippen LogP contribution in [0.1, 0.15) is 0 Å². The van der Waals surface area contributed by atoms with E-state index in [1.54, 1.807) is 0 Å². The van der Waals surface area contributed by atoms with E-state index in [0.29, 0.717) is 0 Å². The predicted octanol–water partition coefficient (Wildman–Crippen LogP) is 0.694. The van der Waals surface area contributed by atoms with Crippen molar-refractivity contribution in [3.63, 3.8) is 0 Å². The van der Waals surface area contributed by atoms with Gasteiger partial charge in [-0.05, 0) is 0 Å². The Bertz CT molecular complexity index is 73.3. The molecule has 0 aliphatic heterocycles. The molecule has 0 saturated carbocycles. The highest BCUT2D eigenvalue weighted by molar-refractivity contribution is 6.28. The molecule has 0 spiro atoms. The molecular weight excluding hydrogens is 122 g/mol. The lowest BCUT2D eigenvalue weighted by Crippen LogP contribution is -2.09. The highest BCUT2D eigenvalue weighted by Crippen LogP contribution is 1.96.